The van der Waals surface area contributed by atoms with Gasteiger partial charge in [-0.15, -0.1) is 0 Å². The van der Waals surface area contributed by atoms with Gasteiger partial charge >= 0.3 is 0 Å². The molecule has 2 aromatic rings. The van der Waals surface area contributed by atoms with Crippen LogP contribution >= 0.6 is 11.6 Å². The van der Waals surface area contributed by atoms with Crippen LogP contribution in [0.3, 0.4) is 0 Å². The van der Waals surface area contributed by atoms with Crippen LogP contribution in [0.4, 0.5) is 5.69 Å². The van der Waals surface area contributed by atoms with Gasteiger partial charge in [0.2, 0.25) is 0 Å². The van der Waals surface area contributed by atoms with Gasteiger partial charge in [-0.3, -0.25) is 9.59 Å². The predicted octanol–water partition coefficient (Wildman–Crippen LogP) is 3.73. The fourth-order valence-electron chi connectivity index (χ4n) is 3.70. The third-order valence-corrected chi connectivity index (χ3v) is 5.16. The number of hydrogen-bond donors (Lipinski definition) is 0. The number of hydrogen-bond acceptors (Lipinski definition) is 4. The number of imide groups is 1. The minimum atomic E-state index is -0.353. The van der Waals surface area contributed by atoms with Crippen molar-refractivity contribution in [3.8, 4) is 5.75 Å². The van der Waals surface area contributed by atoms with E-state index in [0.29, 0.717) is 33.3 Å². The van der Waals surface area contributed by atoms with Gasteiger partial charge in [0, 0.05) is 23.7 Å². The Bertz CT molecular complexity index is 948. The van der Waals surface area contributed by atoms with E-state index in [-0.39, 0.29) is 11.8 Å². The van der Waals surface area contributed by atoms with E-state index < -0.39 is 0 Å². The number of anilines is 1. The summed E-state index contributed by atoms with van der Waals surface area (Å²) in [5.41, 5.74) is 1.94. The van der Waals surface area contributed by atoms with Crippen molar-refractivity contribution in [1.82, 2.24) is 4.90 Å². The molecule has 0 aliphatic carbocycles. The van der Waals surface area contributed by atoms with Gasteiger partial charge in [-0.2, -0.15) is 0 Å². The largest absolute Gasteiger partial charge is 0.496 e. The Hall–Kier alpha value is -2.79. The highest BCUT2D eigenvalue weighted by Crippen LogP contribution is 2.39. The fraction of sp³-hybridized carbons (Fsp3) is 0.238. The van der Waals surface area contributed by atoms with Gasteiger partial charge in [-0.1, -0.05) is 35.9 Å². The summed E-state index contributed by atoms with van der Waals surface area (Å²) in [5, 5.41) is 0.474. The first kappa shape index (κ1) is 17.6. The zero-order valence-electron chi connectivity index (χ0n) is 14.9. The highest BCUT2D eigenvalue weighted by molar-refractivity contribution is 6.46. The zero-order valence-corrected chi connectivity index (χ0v) is 15.7. The highest BCUT2D eigenvalue weighted by atomic mass is 35.5. The number of benzene rings is 2. The van der Waals surface area contributed by atoms with E-state index in [2.05, 4.69) is 0 Å². The van der Waals surface area contributed by atoms with Crippen molar-refractivity contribution in [3.05, 3.63) is 64.8 Å². The van der Waals surface area contributed by atoms with Crippen LogP contribution in [-0.2, 0) is 9.59 Å². The number of halogens is 1. The van der Waals surface area contributed by atoms with Crippen LogP contribution < -0.4 is 9.64 Å². The number of carbonyl (C=O) groups is 2. The van der Waals surface area contributed by atoms with Crippen LogP contribution in [0, 0.1) is 0 Å². The molecule has 6 heteroatoms. The Morgan fingerprint density at radius 2 is 1.70 bits per heavy atom. The van der Waals surface area contributed by atoms with Crippen molar-refractivity contribution in [1.29, 1.82) is 0 Å². The first-order chi connectivity index (χ1) is 13.1. The van der Waals surface area contributed by atoms with Crippen LogP contribution in [0.15, 0.2) is 54.2 Å². The van der Waals surface area contributed by atoms with Crippen molar-refractivity contribution in [2.45, 2.75) is 12.8 Å². The Balaban J connectivity index is 1.88. The number of carbonyl (C=O) groups excluding carboxylic acids is 2. The molecule has 2 aliphatic heterocycles. The number of amides is 2. The summed E-state index contributed by atoms with van der Waals surface area (Å²) in [6.07, 6.45) is 2.00. The second kappa shape index (κ2) is 7.08. The minimum Gasteiger partial charge on any atom is -0.496 e. The Morgan fingerprint density at radius 1 is 0.963 bits per heavy atom. The van der Waals surface area contributed by atoms with Crippen molar-refractivity contribution in [2.75, 3.05) is 25.1 Å². The fourth-order valence-corrected chi connectivity index (χ4v) is 3.88. The molecule has 2 amide bonds. The minimum absolute atomic E-state index is 0.315. The van der Waals surface area contributed by atoms with Crippen LogP contribution in [0.25, 0.3) is 5.57 Å². The quantitative estimate of drug-likeness (QED) is 0.756. The highest BCUT2D eigenvalue weighted by Gasteiger charge is 2.43. The van der Waals surface area contributed by atoms with Crippen molar-refractivity contribution >= 4 is 34.7 Å². The SMILES string of the molecule is COc1ccccc1C1=C(N2CCCC2)C(=O)N(c2cccc(Cl)c2)C1=O. The van der Waals surface area contributed by atoms with Gasteiger partial charge in [0.25, 0.3) is 11.8 Å². The van der Waals surface area contributed by atoms with Crippen LogP contribution in [0.2, 0.25) is 5.02 Å². The smallest absolute Gasteiger partial charge is 0.282 e. The zero-order chi connectivity index (χ0) is 19.0. The maximum Gasteiger partial charge on any atom is 0.282 e. The molecule has 0 spiro atoms. The lowest BCUT2D eigenvalue weighted by Gasteiger charge is -2.20. The first-order valence-corrected chi connectivity index (χ1v) is 9.26. The molecule has 27 heavy (non-hydrogen) atoms. The number of rotatable bonds is 4. The lowest BCUT2D eigenvalue weighted by molar-refractivity contribution is -0.120. The summed E-state index contributed by atoms with van der Waals surface area (Å²) >= 11 is 6.09. The van der Waals surface area contributed by atoms with E-state index in [1.54, 1.807) is 37.4 Å². The summed E-state index contributed by atoms with van der Waals surface area (Å²) < 4.78 is 5.46. The molecule has 5 nitrogen and oxygen atoms in total. The van der Waals surface area contributed by atoms with Crippen LogP contribution in [-0.4, -0.2) is 36.9 Å². The summed E-state index contributed by atoms with van der Waals surface area (Å²) in [7, 11) is 1.56. The van der Waals surface area contributed by atoms with E-state index in [1.807, 2.05) is 23.1 Å². The van der Waals surface area contributed by atoms with Gasteiger partial charge < -0.3 is 9.64 Å². The van der Waals surface area contributed by atoms with E-state index >= 15 is 0 Å². The molecule has 2 aromatic carbocycles. The maximum atomic E-state index is 13.4. The molecule has 2 heterocycles. The summed E-state index contributed by atoms with van der Waals surface area (Å²) in [6.45, 7) is 1.52. The van der Waals surface area contributed by atoms with Gasteiger partial charge in [-0.25, -0.2) is 4.90 Å². The van der Waals surface area contributed by atoms with Gasteiger partial charge in [0.1, 0.15) is 11.4 Å². The molecular weight excluding hydrogens is 364 g/mol. The summed E-state index contributed by atoms with van der Waals surface area (Å²) in [4.78, 5) is 29.9. The molecule has 0 radical (unpaired) electrons. The van der Waals surface area contributed by atoms with E-state index in [9.17, 15) is 9.59 Å². The normalized spacial score (nSPS) is 17.3. The number of methoxy groups -OCH3 is 1. The topological polar surface area (TPSA) is 49.9 Å². The predicted molar refractivity (Wildman–Crippen MR) is 105 cm³/mol. The average molecular weight is 383 g/mol. The number of nitrogens with zero attached hydrogens (tertiary/aromatic N) is 2. The Kier molecular flexibility index (Phi) is 4.62. The van der Waals surface area contributed by atoms with Crippen molar-refractivity contribution in [3.63, 3.8) is 0 Å². The van der Waals surface area contributed by atoms with Crippen molar-refractivity contribution in [2.24, 2.45) is 0 Å². The third-order valence-electron chi connectivity index (χ3n) is 4.92. The molecule has 1 fully saturated rings. The first-order valence-electron chi connectivity index (χ1n) is 8.89. The second-order valence-electron chi connectivity index (χ2n) is 6.54. The lowest BCUT2D eigenvalue weighted by atomic mass is 10.0. The number of para-hydroxylation sites is 1. The molecule has 0 bridgehead atoms. The summed E-state index contributed by atoms with van der Waals surface area (Å²) in [6, 6.07) is 14.1. The molecule has 4 rings (SSSR count). The average Bonchev–Trinajstić information content (AvgIpc) is 3.28. The van der Waals surface area contributed by atoms with E-state index in [0.717, 1.165) is 25.9 Å². The van der Waals surface area contributed by atoms with Gasteiger partial charge in [-0.05, 0) is 37.1 Å². The van der Waals surface area contributed by atoms with Crippen LogP contribution in [0.1, 0.15) is 18.4 Å². The molecule has 0 unspecified atom stereocenters. The van der Waals surface area contributed by atoms with Crippen LogP contribution in [0.5, 0.6) is 5.75 Å². The molecular formula is C21H19ClN2O3. The number of likely N-dealkylation sites (tertiary alicyclic amines) is 1. The molecule has 0 atom stereocenters. The second-order valence-corrected chi connectivity index (χ2v) is 6.98. The van der Waals surface area contributed by atoms with Gasteiger partial charge in [0.05, 0.1) is 18.4 Å². The molecule has 0 aromatic heterocycles. The van der Waals surface area contributed by atoms with E-state index in [1.165, 1.54) is 4.90 Å². The molecule has 2 aliphatic rings. The van der Waals surface area contributed by atoms with E-state index in [4.69, 9.17) is 16.3 Å². The number of ether oxygens (including phenoxy) is 1. The monoisotopic (exact) mass is 382 g/mol. The Morgan fingerprint density at radius 3 is 2.41 bits per heavy atom. The maximum absolute atomic E-state index is 13.4. The third kappa shape index (κ3) is 2.98. The molecule has 0 saturated carbocycles. The van der Waals surface area contributed by atoms with Gasteiger partial charge in [0.15, 0.2) is 0 Å². The van der Waals surface area contributed by atoms with Crippen molar-refractivity contribution < 1.29 is 14.3 Å². The standard InChI is InChI=1S/C21H19ClN2O3/c1-27-17-10-3-2-9-16(17)18-19(23-11-4-5-12-23)21(26)24(20(18)25)15-8-6-7-14(22)13-15/h2-3,6-10,13H,4-5,11-12H2,1H3. The molecule has 0 N–H and O–H groups in total. The molecule has 138 valence electrons. The lowest BCUT2D eigenvalue weighted by Crippen LogP contribution is -2.34. The Labute approximate surface area is 162 Å². The summed E-state index contributed by atoms with van der Waals surface area (Å²) in [5.74, 6) is -0.1000. The molecule has 1 saturated heterocycles.